The van der Waals surface area contributed by atoms with Crippen molar-refractivity contribution in [3.05, 3.63) is 27.5 Å². The summed E-state index contributed by atoms with van der Waals surface area (Å²) in [4.78, 5) is 14.2. The number of aromatic nitrogens is 1. The third-order valence-electron chi connectivity index (χ3n) is 1.44. The van der Waals surface area contributed by atoms with E-state index in [9.17, 15) is 4.79 Å². The predicted molar refractivity (Wildman–Crippen MR) is 60.2 cm³/mol. The van der Waals surface area contributed by atoms with Crippen LogP contribution in [0, 0.1) is 3.57 Å². The molecule has 0 bridgehead atoms. The third-order valence-corrected chi connectivity index (χ3v) is 2.21. The van der Waals surface area contributed by atoms with Crippen LogP contribution in [0.25, 0.3) is 6.08 Å². The van der Waals surface area contributed by atoms with Gasteiger partial charge in [0.25, 0.3) is 0 Å². The minimum absolute atomic E-state index is 0.540. The van der Waals surface area contributed by atoms with E-state index >= 15 is 0 Å². The number of pyridine rings is 1. The van der Waals surface area contributed by atoms with Crippen LogP contribution in [0.3, 0.4) is 0 Å². The van der Waals surface area contributed by atoms with E-state index in [1.165, 1.54) is 13.2 Å². The van der Waals surface area contributed by atoms with Gasteiger partial charge in [-0.15, -0.1) is 0 Å². The minimum atomic E-state index is -0.976. The third kappa shape index (κ3) is 2.99. The molecular weight excluding hydrogens is 297 g/mol. The highest BCUT2D eigenvalue weighted by molar-refractivity contribution is 14.1. The van der Waals surface area contributed by atoms with Crippen molar-refractivity contribution in [3.8, 4) is 5.88 Å². The molecule has 1 heterocycles. The van der Waals surface area contributed by atoms with Crippen LogP contribution in [-0.2, 0) is 4.79 Å². The number of aliphatic carboxylic acids is 1. The Balaban J connectivity index is 2.91. The number of carboxylic acids is 1. The lowest BCUT2D eigenvalue weighted by molar-refractivity contribution is -0.131. The van der Waals surface area contributed by atoms with Crippen LogP contribution in [0.1, 0.15) is 5.56 Å². The fraction of sp³-hybridized carbons (Fsp3) is 0.111. The number of carboxylic acid groups (broad SMARTS) is 1. The summed E-state index contributed by atoms with van der Waals surface area (Å²) in [6.07, 6.45) is 4.11. The normalized spacial score (nSPS) is 10.4. The van der Waals surface area contributed by atoms with E-state index in [2.05, 4.69) is 27.6 Å². The first-order valence-electron chi connectivity index (χ1n) is 3.74. The van der Waals surface area contributed by atoms with Crippen LogP contribution in [0.4, 0.5) is 0 Å². The van der Waals surface area contributed by atoms with E-state index in [4.69, 9.17) is 9.84 Å². The average molecular weight is 305 g/mol. The molecule has 1 aromatic heterocycles. The van der Waals surface area contributed by atoms with Crippen molar-refractivity contribution in [3.63, 3.8) is 0 Å². The summed E-state index contributed by atoms with van der Waals surface area (Å²) in [5.41, 5.74) is 0.734. The van der Waals surface area contributed by atoms with E-state index in [0.717, 1.165) is 15.2 Å². The first-order chi connectivity index (χ1) is 6.63. The number of nitrogens with zero attached hydrogens (tertiary/aromatic N) is 1. The summed E-state index contributed by atoms with van der Waals surface area (Å²) in [6, 6.07) is 1.80. The van der Waals surface area contributed by atoms with Crippen LogP contribution in [0.15, 0.2) is 18.3 Å². The number of rotatable bonds is 3. The lowest BCUT2D eigenvalue weighted by Gasteiger charge is -2.01. The highest BCUT2D eigenvalue weighted by Crippen LogP contribution is 2.18. The maximum absolute atomic E-state index is 10.2. The maximum atomic E-state index is 10.2. The molecular formula is C9H8INO3. The van der Waals surface area contributed by atoms with Gasteiger partial charge in [-0.05, 0) is 40.3 Å². The van der Waals surface area contributed by atoms with Crippen molar-refractivity contribution in [1.82, 2.24) is 4.98 Å². The zero-order chi connectivity index (χ0) is 10.6. The standard InChI is InChI=1S/C9H8INO3/c1-14-9-7(10)4-6(5-11-9)2-3-8(12)13/h2-5H,1H3,(H,12,13). The molecule has 5 heteroatoms. The van der Waals surface area contributed by atoms with Crippen molar-refractivity contribution in [1.29, 1.82) is 0 Å². The van der Waals surface area contributed by atoms with Gasteiger partial charge in [-0.2, -0.15) is 0 Å². The topological polar surface area (TPSA) is 59.4 Å². The molecule has 1 rings (SSSR count). The van der Waals surface area contributed by atoms with Gasteiger partial charge in [0.1, 0.15) is 0 Å². The lowest BCUT2D eigenvalue weighted by atomic mass is 10.2. The summed E-state index contributed by atoms with van der Waals surface area (Å²) >= 11 is 2.07. The second kappa shape index (κ2) is 4.94. The predicted octanol–water partition coefficient (Wildman–Crippen LogP) is 1.79. The van der Waals surface area contributed by atoms with Crippen LogP contribution in [0.2, 0.25) is 0 Å². The molecule has 0 unspecified atom stereocenters. The second-order valence-electron chi connectivity index (χ2n) is 2.43. The van der Waals surface area contributed by atoms with E-state index in [-0.39, 0.29) is 0 Å². The van der Waals surface area contributed by atoms with Crippen molar-refractivity contribution < 1.29 is 14.6 Å². The van der Waals surface area contributed by atoms with Crippen molar-refractivity contribution >= 4 is 34.6 Å². The Hall–Kier alpha value is -1.11. The molecule has 0 spiro atoms. The summed E-state index contributed by atoms with van der Waals surface area (Å²) < 4.78 is 5.81. The Morgan fingerprint density at radius 1 is 1.71 bits per heavy atom. The summed E-state index contributed by atoms with van der Waals surface area (Å²) in [5, 5.41) is 8.41. The molecule has 1 aromatic rings. The Bertz CT molecular complexity index is 376. The fourth-order valence-electron chi connectivity index (χ4n) is 0.849. The van der Waals surface area contributed by atoms with E-state index in [0.29, 0.717) is 5.88 Å². The molecule has 4 nitrogen and oxygen atoms in total. The van der Waals surface area contributed by atoms with Crippen LogP contribution < -0.4 is 4.74 Å². The van der Waals surface area contributed by atoms with Gasteiger partial charge in [-0.3, -0.25) is 0 Å². The fourth-order valence-corrected chi connectivity index (χ4v) is 1.57. The highest BCUT2D eigenvalue weighted by atomic mass is 127. The van der Waals surface area contributed by atoms with Gasteiger partial charge in [-0.25, -0.2) is 9.78 Å². The van der Waals surface area contributed by atoms with Crippen LogP contribution >= 0.6 is 22.6 Å². The van der Waals surface area contributed by atoms with Crippen LogP contribution in [0.5, 0.6) is 5.88 Å². The summed E-state index contributed by atoms with van der Waals surface area (Å²) in [5.74, 6) is -0.436. The lowest BCUT2D eigenvalue weighted by Crippen LogP contribution is -1.92. The molecule has 0 aliphatic carbocycles. The first kappa shape index (κ1) is 11.0. The van der Waals surface area contributed by atoms with Gasteiger partial charge in [0, 0.05) is 12.3 Å². The van der Waals surface area contributed by atoms with Crippen molar-refractivity contribution in [2.45, 2.75) is 0 Å². The van der Waals surface area contributed by atoms with Crippen LogP contribution in [-0.4, -0.2) is 23.2 Å². The quantitative estimate of drug-likeness (QED) is 0.683. The molecule has 0 saturated carbocycles. The average Bonchev–Trinajstić information content (AvgIpc) is 2.15. The van der Waals surface area contributed by atoms with Gasteiger partial charge in [0.15, 0.2) is 0 Å². The monoisotopic (exact) mass is 305 g/mol. The molecule has 0 radical (unpaired) electrons. The second-order valence-corrected chi connectivity index (χ2v) is 3.59. The molecule has 74 valence electrons. The van der Waals surface area contributed by atoms with E-state index < -0.39 is 5.97 Å². The number of halogens is 1. The van der Waals surface area contributed by atoms with Crippen molar-refractivity contribution in [2.75, 3.05) is 7.11 Å². The number of hydrogen-bond acceptors (Lipinski definition) is 3. The maximum Gasteiger partial charge on any atom is 0.328 e. The number of hydrogen-bond donors (Lipinski definition) is 1. The molecule has 0 aromatic carbocycles. The molecule has 0 fully saturated rings. The van der Waals surface area contributed by atoms with E-state index in [1.807, 2.05) is 0 Å². The Morgan fingerprint density at radius 3 is 2.93 bits per heavy atom. The van der Waals surface area contributed by atoms with Crippen molar-refractivity contribution in [2.24, 2.45) is 0 Å². The summed E-state index contributed by atoms with van der Waals surface area (Å²) in [6.45, 7) is 0. The smallest absolute Gasteiger partial charge is 0.328 e. The van der Waals surface area contributed by atoms with E-state index in [1.54, 1.807) is 12.3 Å². The zero-order valence-corrected chi connectivity index (χ0v) is 9.56. The number of methoxy groups -OCH3 is 1. The Kier molecular flexibility index (Phi) is 3.87. The Morgan fingerprint density at radius 2 is 2.43 bits per heavy atom. The van der Waals surface area contributed by atoms with Gasteiger partial charge in [0.2, 0.25) is 5.88 Å². The molecule has 0 atom stereocenters. The Labute approximate surface area is 94.8 Å². The molecule has 1 N–H and O–H groups in total. The minimum Gasteiger partial charge on any atom is -0.480 e. The van der Waals surface area contributed by atoms with Gasteiger partial charge in [0.05, 0.1) is 10.7 Å². The summed E-state index contributed by atoms with van der Waals surface area (Å²) in [7, 11) is 1.54. The van der Waals surface area contributed by atoms with Gasteiger partial charge >= 0.3 is 5.97 Å². The molecule has 0 saturated heterocycles. The SMILES string of the molecule is COc1ncc(C=CC(=O)O)cc1I. The molecule has 0 amide bonds. The molecule has 14 heavy (non-hydrogen) atoms. The molecule has 0 aliphatic rings. The zero-order valence-electron chi connectivity index (χ0n) is 7.40. The first-order valence-corrected chi connectivity index (χ1v) is 4.82. The van der Waals surface area contributed by atoms with Gasteiger partial charge < -0.3 is 9.84 Å². The number of carbonyl (C=O) groups is 1. The number of ether oxygens (including phenoxy) is 1. The largest absolute Gasteiger partial charge is 0.480 e. The highest BCUT2D eigenvalue weighted by Gasteiger charge is 2.00. The van der Waals surface area contributed by atoms with Gasteiger partial charge in [-0.1, -0.05) is 0 Å². The molecule has 0 aliphatic heterocycles.